The highest BCUT2D eigenvalue weighted by Crippen LogP contribution is 2.21. The fraction of sp³-hybridized carbons (Fsp3) is 0.348. The minimum Gasteiger partial charge on any atom is -0.372 e. The van der Waals surface area contributed by atoms with Gasteiger partial charge in [0.1, 0.15) is 0 Å². The lowest BCUT2D eigenvalue weighted by Crippen LogP contribution is -2.29. The van der Waals surface area contributed by atoms with E-state index >= 15 is 0 Å². The monoisotopic (exact) mass is 360 g/mol. The van der Waals surface area contributed by atoms with Gasteiger partial charge in [-0.3, -0.25) is 0 Å². The van der Waals surface area contributed by atoms with Crippen molar-refractivity contribution >= 4 is 5.69 Å². The van der Waals surface area contributed by atoms with Crippen molar-refractivity contribution in [2.24, 2.45) is 0 Å². The van der Waals surface area contributed by atoms with E-state index in [1.54, 1.807) is 6.20 Å². The Morgan fingerprint density at radius 1 is 0.926 bits per heavy atom. The Bertz CT molecular complexity index is 816. The molecule has 1 atom stereocenters. The van der Waals surface area contributed by atoms with Crippen molar-refractivity contribution in [1.82, 2.24) is 14.9 Å². The fourth-order valence-electron chi connectivity index (χ4n) is 3.71. The summed E-state index contributed by atoms with van der Waals surface area (Å²) in [6.45, 7) is 5.49. The second-order valence-electron chi connectivity index (χ2n) is 7.38. The van der Waals surface area contributed by atoms with Gasteiger partial charge in [0.25, 0.3) is 0 Å². The Hall–Kier alpha value is -2.59. The van der Waals surface area contributed by atoms with Gasteiger partial charge in [0.15, 0.2) is 0 Å². The molecule has 0 aliphatic carbocycles. The third-order valence-electron chi connectivity index (χ3n) is 5.47. The van der Waals surface area contributed by atoms with Gasteiger partial charge in [0, 0.05) is 49.4 Å². The first-order valence-electron chi connectivity index (χ1n) is 9.95. The van der Waals surface area contributed by atoms with Crippen LogP contribution in [0.5, 0.6) is 0 Å². The first kappa shape index (κ1) is 17.8. The summed E-state index contributed by atoms with van der Waals surface area (Å²) in [5, 5.41) is 3.64. The number of anilines is 1. The van der Waals surface area contributed by atoms with Crippen molar-refractivity contribution in [2.75, 3.05) is 18.0 Å². The van der Waals surface area contributed by atoms with Crippen LogP contribution in [0.15, 0.2) is 67.3 Å². The van der Waals surface area contributed by atoms with Crippen LogP contribution in [0, 0.1) is 0 Å². The average Bonchev–Trinajstić information content (AvgIpc) is 3.28. The van der Waals surface area contributed by atoms with Crippen molar-refractivity contribution in [3.63, 3.8) is 0 Å². The molecule has 4 heteroatoms. The maximum absolute atomic E-state index is 4.10. The van der Waals surface area contributed by atoms with E-state index in [2.05, 4.69) is 70.7 Å². The molecule has 1 N–H and O–H groups in total. The van der Waals surface area contributed by atoms with E-state index in [0.29, 0.717) is 6.04 Å². The minimum absolute atomic E-state index is 0.309. The third kappa shape index (κ3) is 4.40. The lowest BCUT2D eigenvalue weighted by atomic mass is 10.1. The van der Waals surface area contributed by atoms with Crippen LogP contribution in [0.1, 0.15) is 43.4 Å². The lowest BCUT2D eigenvalue weighted by molar-refractivity contribution is 0.572. The average molecular weight is 361 g/mol. The first-order valence-corrected chi connectivity index (χ1v) is 9.95. The second kappa shape index (κ2) is 8.40. The van der Waals surface area contributed by atoms with Gasteiger partial charge in [-0.15, -0.1) is 0 Å². The van der Waals surface area contributed by atoms with Crippen LogP contribution < -0.4 is 10.2 Å². The first-order chi connectivity index (χ1) is 13.3. The molecule has 140 valence electrons. The zero-order valence-electron chi connectivity index (χ0n) is 16.0. The Morgan fingerprint density at radius 2 is 1.63 bits per heavy atom. The molecule has 27 heavy (non-hydrogen) atoms. The molecule has 2 aromatic carbocycles. The molecule has 1 saturated heterocycles. The molecule has 2 heterocycles. The number of hydrogen-bond acceptors (Lipinski definition) is 3. The van der Waals surface area contributed by atoms with Crippen molar-refractivity contribution in [3.8, 4) is 5.69 Å². The van der Waals surface area contributed by atoms with Gasteiger partial charge < -0.3 is 14.8 Å². The van der Waals surface area contributed by atoms with E-state index in [1.807, 2.05) is 17.1 Å². The predicted molar refractivity (Wildman–Crippen MR) is 111 cm³/mol. The Balaban J connectivity index is 1.32. The number of nitrogens with one attached hydrogen (secondary N) is 1. The largest absolute Gasteiger partial charge is 0.372 e. The van der Waals surface area contributed by atoms with E-state index in [9.17, 15) is 0 Å². The summed E-state index contributed by atoms with van der Waals surface area (Å²) in [7, 11) is 0. The lowest BCUT2D eigenvalue weighted by Gasteiger charge is -2.29. The third-order valence-corrected chi connectivity index (χ3v) is 5.47. The van der Waals surface area contributed by atoms with Crippen molar-refractivity contribution in [3.05, 3.63) is 78.4 Å². The molecule has 1 unspecified atom stereocenters. The van der Waals surface area contributed by atoms with E-state index < -0.39 is 0 Å². The van der Waals surface area contributed by atoms with Crippen molar-refractivity contribution in [1.29, 1.82) is 0 Å². The van der Waals surface area contributed by atoms with Crippen molar-refractivity contribution < 1.29 is 0 Å². The number of rotatable bonds is 6. The van der Waals surface area contributed by atoms with E-state index in [-0.39, 0.29) is 0 Å². The Labute approximate surface area is 161 Å². The molecule has 0 saturated carbocycles. The molecule has 0 bridgehead atoms. The van der Waals surface area contributed by atoms with Crippen molar-refractivity contribution in [2.45, 2.75) is 38.8 Å². The van der Waals surface area contributed by atoms with Gasteiger partial charge in [-0.25, -0.2) is 4.98 Å². The van der Waals surface area contributed by atoms with Crippen LogP contribution in [0.25, 0.3) is 5.69 Å². The zero-order valence-corrected chi connectivity index (χ0v) is 16.0. The maximum atomic E-state index is 4.10. The number of benzene rings is 2. The van der Waals surface area contributed by atoms with Gasteiger partial charge in [-0.2, -0.15) is 0 Å². The van der Waals surface area contributed by atoms with Gasteiger partial charge >= 0.3 is 0 Å². The topological polar surface area (TPSA) is 33.1 Å². The highest BCUT2D eigenvalue weighted by atomic mass is 15.1. The fourth-order valence-corrected chi connectivity index (χ4v) is 3.71. The van der Waals surface area contributed by atoms with Crippen LogP contribution in [-0.4, -0.2) is 22.6 Å². The number of nitrogens with zero attached hydrogens (tertiary/aromatic N) is 3. The van der Waals surface area contributed by atoms with Gasteiger partial charge in [-0.05, 0) is 61.6 Å². The van der Waals surface area contributed by atoms with Crippen LogP contribution in [0.4, 0.5) is 5.69 Å². The molecule has 4 nitrogen and oxygen atoms in total. The maximum Gasteiger partial charge on any atom is 0.0991 e. The smallest absolute Gasteiger partial charge is 0.0991 e. The molecule has 1 fully saturated rings. The quantitative estimate of drug-likeness (QED) is 0.691. The Kier molecular flexibility index (Phi) is 5.54. The molecule has 1 aliphatic heterocycles. The van der Waals surface area contributed by atoms with Crippen LogP contribution in [0.2, 0.25) is 0 Å². The molecule has 4 rings (SSSR count). The van der Waals surface area contributed by atoms with Gasteiger partial charge in [0.05, 0.1) is 6.33 Å². The highest BCUT2D eigenvalue weighted by Gasteiger charge is 2.11. The molecular formula is C23H28N4. The second-order valence-corrected chi connectivity index (χ2v) is 7.38. The number of hydrogen-bond donors (Lipinski definition) is 1. The van der Waals surface area contributed by atoms with E-state index in [4.69, 9.17) is 0 Å². The summed E-state index contributed by atoms with van der Waals surface area (Å²) >= 11 is 0. The number of imidazole rings is 1. The Morgan fingerprint density at radius 3 is 2.30 bits per heavy atom. The molecule has 1 aromatic heterocycles. The molecule has 0 spiro atoms. The summed E-state index contributed by atoms with van der Waals surface area (Å²) in [6, 6.07) is 18.0. The standard InChI is InChI=1S/C23H28N4/c1-19(21-7-11-23(12-8-21)27-16-13-24-18-27)25-17-20-5-9-22(10-6-20)26-14-3-2-4-15-26/h5-13,16,18-19,25H,2-4,14-15,17H2,1H3. The normalized spacial score (nSPS) is 15.7. The summed E-state index contributed by atoms with van der Waals surface area (Å²) in [5.74, 6) is 0. The molecular weight excluding hydrogens is 332 g/mol. The van der Waals surface area contributed by atoms with Crippen LogP contribution in [0.3, 0.4) is 0 Å². The minimum atomic E-state index is 0.309. The summed E-state index contributed by atoms with van der Waals surface area (Å²) in [4.78, 5) is 6.61. The van der Waals surface area contributed by atoms with Crippen LogP contribution in [-0.2, 0) is 6.54 Å². The molecule has 1 aliphatic rings. The SMILES string of the molecule is CC(NCc1ccc(N2CCCCC2)cc1)c1ccc(-n2ccnc2)cc1. The zero-order chi connectivity index (χ0) is 18.5. The van der Waals surface area contributed by atoms with Crippen LogP contribution >= 0.6 is 0 Å². The number of piperidine rings is 1. The van der Waals surface area contributed by atoms with E-state index in [0.717, 1.165) is 12.2 Å². The predicted octanol–water partition coefficient (Wildman–Crippen LogP) is 4.71. The summed E-state index contributed by atoms with van der Waals surface area (Å²) < 4.78 is 2.02. The van der Waals surface area contributed by atoms with Gasteiger partial charge in [0.2, 0.25) is 0 Å². The highest BCUT2D eigenvalue weighted by molar-refractivity contribution is 5.48. The molecule has 0 radical (unpaired) electrons. The number of aromatic nitrogens is 2. The van der Waals surface area contributed by atoms with E-state index in [1.165, 1.54) is 49.2 Å². The summed E-state index contributed by atoms with van der Waals surface area (Å²) in [6.07, 6.45) is 9.60. The molecule has 3 aromatic rings. The summed E-state index contributed by atoms with van der Waals surface area (Å²) in [5.41, 5.74) is 5.12. The molecule has 0 amide bonds. The van der Waals surface area contributed by atoms with Gasteiger partial charge in [-0.1, -0.05) is 24.3 Å².